The summed E-state index contributed by atoms with van der Waals surface area (Å²) in [5.41, 5.74) is 5.01. The number of aryl methyl sites for hydroxylation is 1. The van der Waals surface area contributed by atoms with Crippen LogP contribution in [0.1, 0.15) is 54.1 Å². The van der Waals surface area contributed by atoms with E-state index >= 15 is 0 Å². The van der Waals surface area contributed by atoms with Gasteiger partial charge in [-0.2, -0.15) is 0 Å². The molecule has 0 atom stereocenters. The van der Waals surface area contributed by atoms with Crippen LogP contribution in [0.25, 0.3) is 11.1 Å². The largest absolute Gasteiger partial charge is 0.468 e. The quantitative estimate of drug-likeness (QED) is 0.499. The molecule has 1 aliphatic heterocycles. The molecular formula is C24H29NO5S. The van der Waals surface area contributed by atoms with Gasteiger partial charge in [0.15, 0.2) is 4.75 Å². The Morgan fingerprint density at radius 1 is 1.13 bits per heavy atom. The first-order valence-corrected chi connectivity index (χ1v) is 11.8. The number of ether oxygens (including phenoxy) is 1. The first-order valence-electron chi connectivity index (χ1n) is 10.4. The van der Waals surface area contributed by atoms with Crippen LogP contribution in [-0.2, 0) is 19.6 Å². The number of hydrogen-bond acceptors (Lipinski definition) is 5. The van der Waals surface area contributed by atoms with Gasteiger partial charge in [0.25, 0.3) is 0 Å². The molecule has 1 fully saturated rings. The maximum absolute atomic E-state index is 13.0. The van der Waals surface area contributed by atoms with Crippen molar-refractivity contribution in [3.05, 3.63) is 59.2 Å². The van der Waals surface area contributed by atoms with Gasteiger partial charge >= 0.3 is 5.97 Å². The maximum Gasteiger partial charge on any atom is 0.328 e. The highest BCUT2D eigenvalue weighted by Crippen LogP contribution is 2.34. The normalized spacial score (nSPS) is 16.1. The minimum Gasteiger partial charge on any atom is -0.468 e. The van der Waals surface area contributed by atoms with Crippen LogP contribution in [0, 0.1) is 6.92 Å². The average Bonchev–Trinajstić information content (AvgIpc) is 2.78. The van der Waals surface area contributed by atoms with Crippen LogP contribution in [0.4, 0.5) is 0 Å². The van der Waals surface area contributed by atoms with Crippen LogP contribution in [0.15, 0.2) is 42.5 Å². The molecule has 3 rings (SSSR count). The van der Waals surface area contributed by atoms with Gasteiger partial charge in [-0.25, -0.2) is 12.7 Å². The number of carbonyl (C=O) groups excluding carboxylic acids is 2. The Labute approximate surface area is 184 Å². The summed E-state index contributed by atoms with van der Waals surface area (Å²) in [7, 11) is -2.60. The average molecular weight is 444 g/mol. The third-order valence-corrected chi connectivity index (χ3v) is 8.67. The number of piperidine rings is 1. The molecule has 2 aromatic carbocycles. The van der Waals surface area contributed by atoms with Gasteiger partial charge in [0, 0.05) is 18.7 Å². The SMILES string of the molecule is COC(=O)C(C)(C)S(=O)(=O)N1CCC(c2ccc(-c3cccc(C=O)c3)c(C)c2)CC1. The molecule has 0 aromatic heterocycles. The van der Waals surface area contributed by atoms with E-state index in [1.807, 2.05) is 25.1 Å². The fourth-order valence-electron chi connectivity index (χ4n) is 4.15. The van der Waals surface area contributed by atoms with Crippen molar-refractivity contribution in [1.82, 2.24) is 4.31 Å². The molecule has 166 valence electrons. The maximum atomic E-state index is 13.0. The van der Waals surface area contributed by atoms with Crippen molar-refractivity contribution in [2.24, 2.45) is 0 Å². The number of rotatable bonds is 6. The molecule has 0 saturated carbocycles. The van der Waals surface area contributed by atoms with Gasteiger partial charge in [0.1, 0.15) is 6.29 Å². The lowest BCUT2D eigenvalue weighted by Gasteiger charge is -2.35. The van der Waals surface area contributed by atoms with Crippen molar-refractivity contribution >= 4 is 22.3 Å². The van der Waals surface area contributed by atoms with Crippen molar-refractivity contribution in [1.29, 1.82) is 0 Å². The number of aldehydes is 1. The van der Waals surface area contributed by atoms with Crippen LogP contribution >= 0.6 is 0 Å². The zero-order valence-corrected chi connectivity index (χ0v) is 19.2. The van der Waals surface area contributed by atoms with Crippen LogP contribution < -0.4 is 0 Å². The van der Waals surface area contributed by atoms with Crippen molar-refractivity contribution in [2.45, 2.75) is 44.3 Å². The monoisotopic (exact) mass is 443 g/mol. The highest BCUT2D eigenvalue weighted by Gasteiger charge is 2.47. The van der Waals surface area contributed by atoms with Gasteiger partial charge < -0.3 is 4.74 Å². The molecule has 1 aliphatic rings. The van der Waals surface area contributed by atoms with Gasteiger partial charge in [-0.15, -0.1) is 0 Å². The summed E-state index contributed by atoms with van der Waals surface area (Å²) in [5.74, 6) is -0.499. The Morgan fingerprint density at radius 3 is 2.39 bits per heavy atom. The Morgan fingerprint density at radius 2 is 1.81 bits per heavy atom. The summed E-state index contributed by atoms with van der Waals surface area (Å²) in [6, 6.07) is 13.8. The Balaban J connectivity index is 1.75. The number of sulfonamides is 1. The molecule has 0 bridgehead atoms. The molecule has 0 unspecified atom stereocenters. The first kappa shape index (κ1) is 23.2. The fraction of sp³-hybridized carbons (Fsp3) is 0.417. The fourth-order valence-corrected chi connectivity index (χ4v) is 5.78. The highest BCUT2D eigenvalue weighted by atomic mass is 32.2. The van der Waals surface area contributed by atoms with Crippen molar-refractivity contribution in [2.75, 3.05) is 20.2 Å². The summed E-state index contributed by atoms with van der Waals surface area (Å²) < 4.78 is 30.4. The van der Waals surface area contributed by atoms with Gasteiger partial charge in [-0.3, -0.25) is 9.59 Å². The first-order chi connectivity index (χ1) is 14.6. The third-order valence-electron chi connectivity index (χ3n) is 6.17. The molecule has 0 aliphatic carbocycles. The second-order valence-electron chi connectivity index (χ2n) is 8.50. The number of hydrogen-bond donors (Lipinski definition) is 0. The Bertz CT molecular complexity index is 1080. The summed E-state index contributed by atoms with van der Waals surface area (Å²) >= 11 is 0. The minimum atomic E-state index is -3.81. The Hall–Kier alpha value is -2.51. The van der Waals surface area contributed by atoms with E-state index in [1.54, 1.807) is 6.07 Å². The predicted octanol–water partition coefficient (Wildman–Crippen LogP) is 3.94. The minimum absolute atomic E-state index is 0.252. The second-order valence-corrected chi connectivity index (χ2v) is 11.0. The van der Waals surface area contributed by atoms with E-state index in [9.17, 15) is 18.0 Å². The van der Waals surface area contributed by atoms with Crippen LogP contribution in [0.5, 0.6) is 0 Å². The lowest BCUT2D eigenvalue weighted by atomic mass is 9.87. The van der Waals surface area contributed by atoms with E-state index in [0.29, 0.717) is 31.5 Å². The molecule has 0 radical (unpaired) electrons. The van der Waals surface area contributed by atoms with Gasteiger partial charge in [-0.1, -0.05) is 36.4 Å². The molecule has 0 spiro atoms. The van der Waals surface area contributed by atoms with Gasteiger partial charge in [0.2, 0.25) is 10.0 Å². The smallest absolute Gasteiger partial charge is 0.328 e. The third kappa shape index (κ3) is 4.43. The van der Waals surface area contributed by atoms with Crippen LogP contribution in [-0.4, -0.2) is 49.9 Å². The van der Waals surface area contributed by atoms with E-state index in [-0.39, 0.29) is 5.92 Å². The molecule has 6 nitrogen and oxygen atoms in total. The number of benzene rings is 2. The number of methoxy groups -OCH3 is 1. The Kier molecular flexibility index (Phi) is 6.67. The zero-order valence-electron chi connectivity index (χ0n) is 18.4. The predicted molar refractivity (Wildman–Crippen MR) is 121 cm³/mol. The molecule has 1 heterocycles. The summed E-state index contributed by atoms with van der Waals surface area (Å²) in [4.78, 5) is 23.1. The lowest BCUT2D eigenvalue weighted by molar-refractivity contribution is -0.142. The van der Waals surface area contributed by atoms with E-state index in [2.05, 4.69) is 18.2 Å². The lowest BCUT2D eigenvalue weighted by Crippen LogP contribution is -2.52. The number of carbonyl (C=O) groups is 2. The van der Waals surface area contributed by atoms with E-state index in [1.165, 1.54) is 30.8 Å². The molecule has 2 aromatic rings. The van der Waals surface area contributed by atoms with Crippen molar-refractivity contribution in [3.8, 4) is 11.1 Å². The second kappa shape index (κ2) is 8.93. The van der Waals surface area contributed by atoms with E-state index in [4.69, 9.17) is 4.74 Å². The standard InChI is InChI=1S/C24H29NO5S/c1-17-14-20(8-9-22(17)21-7-5-6-18(15-21)16-26)19-10-12-25(13-11-19)31(28,29)24(2,3)23(27)30-4/h5-9,14-16,19H,10-13H2,1-4H3. The zero-order chi connectivity index (χ0) is 22.8. The summed E-state index contributed by atoms with van der Waals surface area (Å²) in [6.07, 6.45) is 2.22. The number of nitrogens with zero attached hydrogens (tertiary/aromatic N) is 1. The molecule has 0 N–H and O–H groups in total. The summed E-state index contributed by atoms with van der Waals surface area (Å²) in [6.45, 7) is 5.57. The number of esters is 1. The van der Waals surface area contributed by atoms with Crippen LogP contribution in [0.3, 0.4) is 0 Å². The molecular weight excluding hydrogens is 414 g/mol. The van der Waals surface area contributed by atoms with E-state index < -0.39 is 20.7 Å². The van der Waals surface area contributed by atoms with Crippen molar-refractivity contribution < 1.29 is 22.7 Å². The van der Waals surface area contributed by atoms with Crippen molar-refractivity contribution in [3.63, 3.8) is 0 Å². The van der Waals surface area contributed by atoms with Gasteiger partial charge in [-0.05, 0) is 67.9 Å². The topological polar surface area (TPSA) is 80.8 Å². The summed E-state index contributed by atoms with van der Waals surface area (Å²) in [5, 5.41) is 0. The van der Waals surface area contributed by atoms with Gasteiger partial charge in [0.05, 0.1) is 7.11 Å². The van der Waals surface area contributed by atoms with E-state index in [0.717, 1.165) is 23.0 Å². The highest BCUT2D eigenvalue weighted by molar-refractivity contribution is 7.91. The molecule has 1 saturated heterocycles. The molecule has 31 heavy (non-hydrogen) atoms. The molecule has 0 amide bonds. The molecule has 7 heteroatoms. The van der Waals surface area contributed by atoms with Crippen LogP contribution in [0.2, 0.25) is 0 Å².